The van der Waals surface area contributed by atoms with Gasteiger partial charge in [-0.3, -0.25) is 9.79 Å². The molecule has 1 aliphatic rings. The zero-order chi connectivity index (χ0) is 17.4. The largest absolute Gasteiger partial charge is 0.492 e. The lowest BCUT2D eigenvalue weighted by molar-refractivity contribution is -0.129. The summed E-state index contributed by atoms with van der Waals surface area (Å²) in [6.07, 6.45) is 1.52. The van der Waals surface area contributed by atoms with E-state index in [2.05, 4.69) is 22.5 Å². The summed E-state index contributed by atoms with van der Waals surface area (Å²) in [6.45, 7) is 6.74. The van der Waals surface area contributed by atoms with Crippen LogP contribution in [0.15, 0.2) is 29.3 Å². The molecule has 0 saturated carbocycles. The van der Waals surface area contributed by atoms with Gasteiger partial charge in [0.15, 0.2) is 5.96 Å². The van der Waals surface area contributed by atoms with Gasteiger partial charge in [-0.1, -0.05) is 24.6 Å². The molecule has 0 radical (unpaired) electrons. The van der Waals surface area contributed by atoms with Crippen LogP contribution in [0.2, 0.25) is 0 Å². The molecule has 6 nitrogen and oxygen atoms in total. The molecule has 1 aromatic rings. The molecule has 0 spiro atoms. The molecule has 1 aromatic carbocycles. The van der Waals surface area contributed by atoms with Crippen LogP contribution in [0.5, 0.6) is 5.75 Å². The maximum Gasteiger partial charge on any atom is 0.222 e. The Bertz CT molecular complexity index is 563. The third kappa shape index (κ3) is 7.09. The van der Waals surface area contributed by atoms with E-state index in [-0.39, 0.29) is 35.9 Å². The number of hydrogen-bond acceptors (Lipinski definition) is 3. The van der Waals surface area contributed by atoms with Crippen molar-refractivity contribution in [2.45, 2.75) is 32.7 Å². The van der Waals surface area contributed by atoms with E-state index in [0.29, 0.717) is 19.6 Å². The van der Waals surface area contributed by atoms with Crippen molar-refractivity contribution in [3.05, 3.63) is 29.8 Å². The predicted molar refractivity (Wildman–Crippen MR) is 112 cm³/mol. The molecule has 1 heterocycles. The van der Waals surface area contributed by atoms with Crippen molar-refractivity contribution in [1.82, 2.24) is 15.5 Å². The Balaban J connectivity index is 0.00000312. The predicted octanol–water partition coefficient (Wildman–Crippen LogP) is 2.17. The number of aryl methyl sites for hydroxylation is 1. The van der Waals surface area contributed by atoms with Gasteiger partial charge < -0.3 is 20.3 Å². The number of amides is 1. The van der Waals surface area contributed by atoms with E-state index in [1.54, 1.807) is 7.05 Å². The molecule has 1 atom stereocenters. The van der Waals surface area contributed by atoms with Gasteiger partial charge in [0, 0.05) is 32.6 Å². The fourth-order valence-corrected chi connectivity index (χ4v) is 2.69. The van der Waals surface area contributed by atoms with Gasteiger partial charge in [-0.05, 0) is 25.5 Å². The van der Waals surface area contributed by atoms with E-state index in [1.165, 1.54) is 5.56 Å². The highest BCUT2D eigenvalue weighted by molar-refractivity contribution is 14.0. The van der Waals surface area contributed by atoms with Crippen molar-refractivity contribution in [3.8, 4) is 5.75 Å². The van der Waals surface area contributed by atoms with E-state index >= 15 is 0 Å². The highest BCUT2D eigenvalue weighted by Crippen LogP contribution is 2.11. The maximum atomic E-state index is 11.7. The third-order valence-corrected chi connectivity index (χ3v) is 4.09. The lowest BCUT2D eigenvalue weighted by atomic mass is 10.2. The number of guanidine groups is 1. The quantitative estimate of drug-likeness (QED) is 0.296. The first kappa shape index (κ1) is 21.5. The Morgan fingerprint density at radius 1 is 1.36 bits per heavy atom. The van der Waals surface area contributed by atoms with Crippen molar-refractivity contribution in [3.63, 3.8) is 0 Å². The van der Waals surface area contributed by atoms with Gasteiger partial charge in [0.25, 0.3) is 0 Å². The Morgan fingerprint density at radius 3 is 2.72 bits per heavy atom. The number of hydrogen-bond donors (Lipinski definition) is 2. The second-order valence-corrected chi connectivity index (χ2v) is 5.98. The zero-order valence-corrected chi connectivity index (χ0v) is 17.6. The summed E-state index contributed by atoms with van der Waals surface area (Å²) in [4.78, 5) is 17.9. The van der Waals surface area contributed by atoms with Crippen LogP contribution < -0.4 is 15.4 Å². The Labute approximate surface area is 167 Å². The van der Waals surface area contributed by atoms with E-state index in [9.17, 15) is 4.79 Å². The molecule has 25 heavy (non-hydrogen) atoms. The molecule has 2 N–H and O–H groups in total. The van der Waals surface area contributed by atoms with Gasteiger partial charge in [-0.25, -0.2) is 0 Å². The number of aliphatic imine (C=N–C) groups is 1. The van der Waals surface area contributed by atoms with Crippen LogP contribution in [0.1, 0.15) is 25.3 Å². The van der Waals surface area contributed by atoms with Crippen LogP contribution in [0.25, 0.3) is 0 Å². The van der Waals surface area contributed by atoms with Crippen LogP contribution in [0.4, 0.5) is 0 Å². The van der Waals surface area contributed by atoms with Crippen LogP contribution in [-0.4, -0.2) is 56.1 Å². The molecule has 0 bridgehead atoms. The number of nitrogens with zero attached hydrogens (tertiary/aromatic N) is 2. The minimum Gasteiger partial charge on any atom is -0.492 e. The molecule has 1 amide bonds. The van der Waals surface area contributed by atoms with Gasteiger partial charge in [0.2, 0.25) is 5.91 Å². The number of carbonyl (C=O) groups is 1. The van der Waals surface area contributed by atoms with Gasteiger partial charge in [0.05, 0.1) is 6.54 Å². The molecular formula is C18H29IN4O2. The second-order valence-electron chi connectivity index (χ2n) is 5.98. The van der Waals surface area contributed by atoms with Gasteiger partial charge in [0.1, 0.15) is 12.4 Å². The summed E-state index contributed by atoms with van der Waals surface area (Å²) < 4.78 is 5.69. The topological polar surface area (TPSA) is 66.0 Å². The minimum absolute atomic E-state index is 0. The van der Waals surface area contributed by atoms with Crippen LogP contribution in [0, 0.1) is 6.92 Å². The second kappa shape index (κ2) is 11.2. The van der Waals surface area contributed by atoms with Gasteiger partial charge in [-0.2, -0.15) is 0 Å². The minimum atomic E-state index is 0. The van der Waals surface area contributed by atoms with Crippen LogP contribution >= 0.6 is 24.0 Å². The summed E-state index contributed by atoms with van der Waals surface area (Å²) >= 11 is 0. The number of rotatable bonds is 6. The summed E-state index contributed by atoms with van der Waals surface area (Å²) in [6, 6.07) is 8.27. The molecule has 140 valence electrons. The standard InChI is InChI=1S/C18H28N4O2.HI/c1-4-17(23)22-11-9-15(13-22)21-18(19-3)20-10-12-24-16-7-5-14(2)6-8-16;/h5-8,15H,4,9-13H2,1-3H3,(H2,19,20,21);1H. The molecule has 0 aromatic heterocycles. The lowest BCUT2D eigenvalue weighted by Crippen LogP contribution is -2.46. The van der Waals surface area contributed by atoms with E-state index in [0.717, 1.165) is 31.2 Å². The number of ether oxygens (including phenoxy) is 1. The summed E-state index contributed by atoms with van der Waals surface area (Å²) in [5.41, 5.74) is 1.22. The monoisotopic (exact) mass is 460 g/mol. The average Bonchev–Trinajstić information content (AvgIpc) is 3.07. The first-order valence-corrected chi connectivity index (χ1v) is 8.56. The first-order chi connectivity index (χ1) is 11.6. The number of carbonyl (C=O) groups excluding carboxylic acids is 1. The van der Waals surface area contributed by atoms with E-state index in [4.69, 9.17) is 4.74 Å². The fourth-order valence-electron chi connectivity index (χ4n) is 2.69. The Morgan fingerprint density at radius 2 is 2.08 bits per heavy atom. The Kier molecular flexibility index (Phi) is 9.62. The number of likely N-dealkylation sites (tertiary alicyclic amines) is 1. The number of benzene rings is 1. The zero-order valence-electron chi connectivity index (χ0n) is 15.2. The van der Waals surface area contributed by atoms with E-state index < -0.39 is 0 Å². The molecule has 7 heteroatoms. The van der Waals surface area contributed by atoms with E-state index in [1.807, 2.05) is 36.1 Å². The SMILES string of the molecule is CCC(=O)N1CCC(NC(=NC)NCCOc2ccc(C)cc2)C1.I. The van der Waals surface area contributed by atoms with Gasteiger partial charge >= 0.3 is 0 Å². The maximum absolute atomic E-state index is 11.7. The number of nitrogens with one attached hydrogen (secondary N) is 2. The molecule has 1 saturated heterocycles. The molecule has 1 fully saturated rings. The average molecular weight is 460 g/mol. The van der Waals surface area contributed by atoms with Crippen molar-refractivity contribution >= 4 is 35.8 Å². The van der Waals surface area contributed by atoms with Gasteiger partial charge in [-0.15, -0.1) is 24.0 Å². The van der Waals surface area contributed by atoms with Crippen molar-refractivity contribution in [1.29, 1.82) is 0 Å². The molecular weight excluding hydrogens is 431 g/mol. The molecule has 0 aliphatic carbocycles. The summed E-state index contributed by atoms with van der Waals surface area (Å²) in [5.74, 6) is 1.84. The highest BCUT2D eigenvalue weighted by Gasteiger charge is 2.25. The van der Waals surface area contributed by atoms with Crippen molar-refractivity contribution < 1.29 is 9.53 Å². The highest BCUT2D eigenvalue weighted by atomic mass is 127. The molecule has 1 aliphatic heterocycles. The van der Waals surface area contributed by atoms with Crippen LogP contribution in [-0.2, 0) is 4.79 Å². The first-order valence-electron chi connectivity index (χ1n) is 8.56. The number of halogens is 1. The summed E-state index contributed by atoms with van der Waals surface area (Å²) in [5, 5.41) is 6.62. The third-order valence-electron chi connectivity index (χ3n) is 4.09. The fraction of sp³-hybridized carbons (Fsp3) is 0.556. The molecule has 2 rings (SSSR count). The lowest BCUT2D eigenvalue weighted by Gasteiger charge is -2.18. The van der Waals surface area contributed by atoms with Crippen molar-refractivity contribution in [2.75, 3.05) is 33.3 Å². The van der Waals surface area contributed by atoms with Crippen molar-refractivity contribution in [2.24, 2.45) is 4.99 Å². The van der Waals surface area contributed by atoms with Crippen LogP contribution in [0.3, 0.4) is 0 Å². The smallest absolute Gasteiger partial charge is 0.222 e. The summed E-state index contributed by atoms with van der Waals surface area (Å²) in [7, 11) is 1.75. The normalized spacial score (nSPS) is 17.0. The molecule has 1 unspecified atom stereocenters. The Hall–Kier alpha value is -1.51.